The topological polar surface area (TPSA) is 73.6 Å². The number of imidazole rings is 1. The molecule has 1 aliphatic heterocycles. The number of methoxy groups -OCH3 is 2. The first-order chi connectivity index (χ1) is 10.1. The molecule has 0 saturated heterocycles. The van der Waals surface area contributed by atoms with Crippen molar-refractivity contribution in [2.45, 2.75) is 12.8 Å². The van der Waals surface area contributed by atoms with Gasteiger partial charge in [-0.3, -0.25) is 4.57 Å². The number of nitrogens with zero attached hydrogens (tertiary/aromatic N) is 2. The van der Waals surface area contributed by atoms with Crippen LogP contribution in [0.15, 0.2) is 16.9 Å². The third kappa shape index (κ3) is 2.08. The molecule has 2 heterocycles. The highest BCUT2D eigenvalue weighted by molar-refractivity contribution is 9.10. The lowest BCUT2D eigenvalue weighted by Crippen LogP contribution is -2.15. The van der Waals surface area contributed by atoms with Gasteiger partial charge in [0, 0.05) is 6.07 Å². The molecule has 0 saturated carbocycles. The number of carbonyl (C=O) groups is 1. The number of benzene rings is 1. The molecular weight excluding hydrogens is 340 g/mol. The molecule has 6 nitrogen and oxygen atoms in total. The van der Waals surface area contributed by atoms with Crippen LogP contribution in [0.3, 0.4) is 0 Å². The van der Waals surface area contributed by atoms with Gasteiger partial charge in [-0.2, -0.15) is 0 Å². The van der Waals surface area contributed by atoms with E-state index in [1.807, 2.05) is 16.7 Å². The Hall–Kier alpha value is -2.02. The number of aromatic carboxylic acids is 1. The number of carboxylic acids is 1. The summed E-state index contributed by atoms with van der Waals surface area (Å²) in [5.41, 5.74) is 2.70. The van der Waals surface area contributed by atoms with Gasteiger partial charge in [-0.15, -0.1) is 0 Å². The number of hydrogen-bond donors (Lipinski definition) is 1. The normalized spacial score (nSPS) is 12.5. The molecule has 0 unspecified atom stereocenters. The quantitative estimate of drug-likeness (QED) is 0.918. The van der Waals surface area contributed by atoms with Crippen molar-refractivity contribution in [1.29, 1.82) is 0 Å². The van der Waals surface area contributed by atoms with Crippen LogP contribution in [0.1, 0.15) is 21.7 Å². The molecule has 0 fully saturated rings. The smallest absolute Gasteiger partial charge is 0.356 e. The van der Waals surface area contributed by atoms with Crippen LogP contribution in [-0.4, -0.2) is 34.8 Å². The summed E-state index contributed by atoms with van der Waals surface area (Å²) in [6.07, 6.45) is 1.34. The van der Waals surface area contributed by atoms with Crippen molar-refractivity contribution in [3.05, 3.63) is 33.8 Å². The monoisotopic (exact) mass is 352 g/mol. The largest absolute Gasteiger partial charge is 0.493 e. The molecular formula is C14H13BrN2O4. The van der Waals surface area contributed by atoms with Gasteiger partial charge in [-0.05, 0) is 40.4 Å². The second kappa shape index (κ2) is 5.07. The zero-order valence-electron chi connectivity index (χ0n) is 11.5. The third-order valence-electron chi connectivity index (χ3n) is 3.59. The fraction of sp³-hybridized carbons (Fsp3) is 0.286. The van der Waals surface area contributed by atoms with Gasteiger partial charge in [0.15, 0.2) is 21.9 Å². The SMILES string of the molecule is COc1cc2c(cc1OC)-n1c(Br)nc(C(=O)O)c1CC2. The fourth-order valence-corrected chi connectivity index (χ4v) is 3.22. The van der Waals surface area contributed by atoms with Gasteiger partial charge in [0.05, 0.1) is 25.6 Å². The molecule has 2 aromatic rings. The molecule has 0 radical (unpaired) electrons. The zero-order chi connectivity index (χ0) is 15.1. The minimum Gasteiger partial charge on any atom is -0.493 e. The van der Waals surface area contributed by atoms with E-state index >= 15 is 0 Å². The van der Waals surface area contributed by atoms with E-state index in [4.69, 9.17) is 9.47 Å². The highest BCUT2D eigenvalue weighted by atomic mass is 79.9. The number of aromatic nitrogens is 2. The van der Waals surface area contributed by atoms with Crippen molar-refractivity contribution < 1.29 is 19.4 Å². The van der Waals surface area contributed by atoms with Gasteiger partial charge in [0.1, 0.15) is 0 Å². The highest BCUT2D eigenvalue weighted by Gasteiger charge is 2.27. The third-order valence-corrected chi connectivity index (χ3v) is 4.12. The van der Waals surface area contributed by atoms with Crippen molar-refractivity contribution in [2.24, 2.45) is 0 Å². The minimum atomic E-state index is -1.02. The van der Waals surface area contributed by atoms with Crippen LogP contribution in [0.25, 0.3) is 5.69 Å². The van der Waals surface area contributed by atoms with Gasteiger partial charge in [0.2, 0.25) is 0 Å². The van der Waals surface area contributed by atoms with Gasteiger partial charge in [-0.25, -0.2) is 9.78 Å². The standard InChI is InChI=1S/C14H13BrN2O4/c1-20-10-5-7-3-4-8-12(13(18)19)16-14(15)17(8)9(7)6-11(10)21-2/h5-6H,3-4H2,1-2H3,(H,18,19). The molecule has 1 aliphatic rings. The molecule has 21 heavy (non-hydrogen) atoms. The Labute approximate surface area is 129 Å². The Balaban J connectivity index is 2.25. The fourth-order valence-electron chi connectivity index (χ4n) is 2.64. The van der Waals surface area contributed by atoms with E-state index in [2.05, 4.69) is 20.9 Å². The van der Waals surface area contributed by atoms with Crippen molar-refractivity contribution in [2.75, 3.05) is 14.2 Å². The molecule has 0 spiro atoms. The number of aryl methyl sites for hydroxylation is 1. The molecule has 7 heteroatoms. The molecule has 3 rings (SSSR count). The summed E-state index contributed by atoms with van der Waals surface area (Å²) in [6, 6.07) is 3.76. The first-order valence-corrected chi connectivity index (χ1v) is 7.11. The maximum atomic E-state index is 11.3. The van der Waals surface area contributed by atoms with Crippen LogP contribution in [0.4, 0.5) is 0 Å². The lowest BCUT2D eigenvalue weighted by Gasteiger charge is -2.22. The summed E-state index contributed by atoms with van der Waals surface area (Å²) in [6.45, 7) is 0. The number of hydrogen-bond acceptors (Lipinski definition) is 4. The van der Waals surface area contributed by atoms with Crippen LogP contribution in [-0.2, 0) is 12.8 Å². The summed E-state index contributed by atoms with van der Waals surface area (Å²) in [5.74, 6) is 0.240. The molecule has 0 amide bonds. The van der Waals surface area contributed by atoms with E-state index in [1.54, 1.807) is 14.2 Å². The number of rotatable bonds is 3. The zero-order valence-corrected chi connectivity index (χ0v) is 13.1. The van der Waals surface area contributed by atoms with Crippen molar-refractivity contribution >= 4 is 21.9 Å². The van der Waals surface area contributed by atoms with Crippen LogP contribution in [0, 0.1) is 0 Å². The number of ether oxygens (including phenoxy) is 2. The minimum absolute atomic E-state index is 0.0855. The molecule has 1 N–H and O–H groups in total. The lowest BCUT2D eigenvalue weighted by atomic mass is 10.00. The Kier molecular flexibility index (Phi) is 3.36. The number of fused-ring (bicyclic) bond motifs is 3. The Morgan fingerprint density at radius 1 is 1.29 bits per heavy atom. The van der Waals surface area contributed by atoms with E-state index in [1.165, 1.54) is 0 Å². The first-order valence-electron chi connectivity index (χ1n) is 6.32. The summed E-state index contributed by atoms with van der Waals surface area (Å²) in [7, 11) is 3.16. The van der Waals surface area contributed by atoms with Crippen LogP contribution in [0.2, 0.25) is 0 Å². The van der Waals surface area contributed by atoms with E-state index < -0.39 is 5.97 Å². The highest BCUT2D eigenvalue weighted by Crippen LogP contribution is 2.38. The molecule has 0 aliphatic carbocycles. The summed E-state index contributed by atoms with van der Waals surface area (Å²) >= 11 is 3.34. The number of halogens is 1. The molecule has 0 atom stereocenters. The molecule has 1 aromatic carbocycles. The predicted molar refractivity (Wildman–Crippen MR) is 78.7 cm³/mol. The molecule has 0 bridgehead atoms. The van der Waals surface area contributed by atoms with Crippen molar-refractivity contribution in [3.63, 3.8) is 0 Å². The average Bonchev–Trinajstić information content (AvgIpc) is 2.83. The van der Waals surface area contributed by atoms with Crippen molar-refractivity contribution in [3.8, 4) is 17.2 Å². The Morgan fingerprint density at radius 2 is 1.95 bits per heavy atom. The average molecular weight is 353 g/mol. The number of carboxylic acid groups (broad SMARTS) is 1. The Bertz CT molecular complexity index is 739. The van der Waals surface area contributed by atoms with E-state index in [0.29, 0.717) is 28.3 Å². The first kappa shape index (κ1) is 13.9. The summed E-state index contributed by atoms with van der Waals surface area (Å²) < 4.78 is 12.9. The Morgan fingerprint density at radius 3 is 2.57 bits per heavy atom. The van der Waals surface area contributed by atoms with Gasteiger partial charge in [-0.1, -0.05) is 0 Å². The maximum absolute atomic E-state index is 11.3. The molecule has 110 valence electrons. The lowest BCUT2D eigenvalue weighted by molar-refractivity contribution is 0.0689. The summed E-state index contributed by atoms with van der Waals surface area (Å²) in [5, 5.41) is 9.24. The van der Waals surface area contributed by atoms with E-state index in [0.717, 1.165) is 17.7 Å². The predicted octanol–water partition coefficient (Wildman–Crippen LogP) is 2.45. The maximum Gasteiger partial charge on any atom is 0.356 e. The molecule has 1 aromatic heterocycles. The van der Waals surface area contributed by atoms with Gasteiger partial charge < -0.3 is 14.6 Å². The van der Waals surface area contributed by atoms with Gasteiger partial charge in [0.25, 0.3) is 0 Å². The van der Waals surface area contributed by atoms with Crippen LogP contribution < -0.4 is 9.47 Å². The second-order valence-electron chi connectivity index (χ2n) is 4.65. The van der Waals surface area contributed by atoms with E-state index in [9.17, 15) is 9.90 Å². The second-order valence-corrected chi connectivity index (χ2v) is 5.36. The van der Waals surface area contributed by atoms with Crippen molar-refractivity contribution in [1.82, 2.24) is 9.55 Å². The van der Waals surface area contributed by atoms with Gasteiger partial charge >= 0.3 is 5.97 Å². The summed E-state index contributed by atoms with van der Waals surface area (Å²) in [4.78, 5) is 15.4. The van der Waals surface area contributed by atoms with E-state index in [-0.39, 0.29) is 5.69 Å². The van der Waals surface area contributed by atoms with Crippen LogP contribution >= 0.6 is 15.9 Å². The van der Waals surface area contributed by atoms with Crippen LogP contribution in [0.5, 0.6) is 11.5 Å².